The lowest BCUT2D eigenvalue weighted by atomic mass is 9.71. The van der Waals surface area contributed by atoms with Gasteiger partial charge in [-0.25, -0.2) is 0 Å². The van der Waals surface area contributed by atoms with Crippen LogP contribution in [0.2, 0.25) is 0 Å². The summed E-state index contributed by atoms with van der Waals surface area (Å²) in [5.74, 6) is 1.04. The van der Waals surface area contributed by atoms with Crippen LogP contribution in [0, 0.1) is 11.8 Å². The van der Waals surface area contributed by atoms with Gasteiger partial charge in [0.15, 0.2) is 0 Å². The average Bonchev–Trinajstić information content (AvgIpc) is 2.27. The largest absolute Gasteiger partial charge is 0.298 e. The van der Waals surface area contributed by atoms with Gasteiger partial charge in [-0.1, -0.05) is 30.7 Å². The molecule has 0 aromatic carbocycles. The third kappa shape index (κ3) is 1.83. The first-order valence-electron chi connectivity index (χ1n) is 5.80. The van der Waals surface area contributed by atoms with Gasteiger partial charge in [-0.3, -0.25) is 4.79 Å². The number of carbonyl (C=O) groups is 1. The lowest BCUT2D eigenvalue weighted by molar-refractivity contribution is -0.105. The molecule has 15 heavy (non-hydrogen) atoms. The Labute approximate surface area is 91.6 Å². The predicted octanol–water partition coefficient (Wildman–Crippen LogP) is 3.43. The molecule has 2 atom stereocenters. The number of fused-ring (bicyclic) bond motifs is 1. The van der Waals surface area contributed by atoms with E-state index in [0.717, 1.165) is 18.3 Å². The fourth-order valence-corrected chi connectivity index (χ4v) is 2.81. The van der Waals surface area contributed by atoms with E-state index in [4.69, 9.17) is 0 Å². The smallest absolute Gasteiger partial charge is 0.146 e. The fraction of sp³-hybridized carbons (Fsp3) is 0.500. The van der Waals surface area contributed by atoms with Gasteiger partial charge in [0, 0.05) is 0 Å². The first-order chi connectivity index (χ1) is 7.26. The highest BCUT2D eigenvalue weighted by Gasteiger charge is 2.29. The molecule has 2 rings (SSSR count). The number of rotatable bonds is 2. The van der Waals surface area contributed by atoms with Crippen molar-refractivity contribution in [3.8, 4) is 0 Å². The Hall–Kier alpha value is -1.11. The van der Waals surface area contributed by atoms with E-state index in [9.17, 15) is 4.79 Å². The molecule has 0 unspecified atom stereocenters. The van der Waals surface area contributed by atoms with E-state index in [1.165, 1.54) is 24.0 Å². The Morgan fingerprint density at radius 1 is 1.47 bits per heavy atom. The Morgan fingerprint density at radius 3 is 2.93 bits per heavy atom. The van der Waals surface area contributed by atoms with Crippen molar-refractivity contribution in [2.24, 2.45) is 11.8 Å². The molecule has 0 fully saturated rings. The van der Waals surface area contributed by atoms with E-state index in [-0.39, 0.29) is 0 Å². The molecule has 0 spiro atoms. The second kappa shape index (κ2) is 4.18. The molecule has 0 aromatic rings. The van der Waals surface area contributed by atoms with Gasteiger partial charge in [0.1, 0.15) is 6.29 Å². The second-order valence-electron chi connectivity index (χ2n) is 4.60. The van der Waals surface area contributed by atoms with Crippen LogP contribution in [0.4, 0.5) is 0 Å². The maximum absolute atomic E-state index is 11.0. The van der Waals surface area contributed by atoms with Crippen molar-refractivity contribution in [2.75, 3.05) is 0 Å². The zero-order chi connectivity index (χ0) is 10.8. The quantitative estimate of drug-likeness (QED) is 0.627. The number of carbonyl (C=O) groups excluding carboxylic acids is 1. The highest BCUT2D eigenvalue weighted by molar-refractivity contribution is 5.76. The van der Waals surface area contributed by atoms with Crippen molar-refractivity contribution in [1.82, 2.24) is 0 Å². The molecule has 2 aliphatic carbocycles. The molecular formula is C14H18O. The zero-order valence-corrected chi connectivity index (χ0v) is 9.49. The standard InChI is InChI=1S/C14H18O/c1-3-13-12(9-15)6-5-11-8-10(2)4-7-14(11)13/h5-6,8-9,13-14H,3-4,7H2,1-2H3/t13-,14-/m1/s1. The average molecular weight is 202 g/mol. The molecule has 2 aliphatic rings. The van der Waals surface area contributed by atoms with Crippen LogP contribution in [0.3, 0.4) is 0 Å². The molecule has 0 N–H and O–H groups in total. The topological polar surface area (TPSA) is 17.1 Å². The molecule has 1 nitrogen and oxygen atoms in total. The minimum absolute atomic E-state index is 0.451. The first-order valence-corrected chi connectivity index (χ1v) is 5.80. The number of allylic oxidation sites excluding steroid dienone is 6. The summed E-state index contributed by atoms with van der Waals surface area (Å²) in [4.78, 5) is 11.0. The Morgan fingerprint density at radius 2 is 2.27 bits per heavy atom. The third-order valence-corrected chi connectivity index (χ3v) is 3.65. The highest BCUT2D eigenvalue weighted by Crippen LogP contribution is 2.40. The molecular weight excluding hydrogens is 184 g/mol. The summed E-state index contributed by atoms with van der Waals surface area (Å²) in [5, 5.41) is 0. The molecule has 80 valence electrons. The fourth-order valence-electron chi connectivity index (χ4n) is 2.81. The van der Waals surface area contributed by atoms with E-state index < -0.39 is 0 Å². The van der Waals surface area contributed by atoms with Crippen LogP contribution in [-0.4, -0.2) is 6.29 Å². The maximum atomic E-state index is 11.0. The van der Waals surface area contributed by atoms with E-state index >= 15 is 0 Å². The Kier molecular flexibility index (Phi) is 2.90. The SMILES string of the molecule is CC[C@@H]1C(C=O)=CC=C2C=C(C)CC[C@H]21. The van der Waals surface area contributed by atoms with Gasteiger partial charge < -0.3 is 0 Å². The summed E-state index contributed by atoms with van der Waals surface area (Å²) in [6.07, 6.45) is 10.9. The maximum Gasteiger partial charge on any atom is 0.146 e. The highest BCUT2D eigenvalue weighted by atomic mass is 16.1. The number of hydrogen-bond donors (Lipinski definition) is 0. The van der Waals surface area contributed by atoms with Gasteiger partial charge in [0.2, 0.25) is 0 Å². The monoisotopic (exact) mass is 202 g/mol. The van der Waals surface area contributed by atoms with Crippen LogP contribution in [0.25, 0.3) is 0 Å². The van der Waals surface area contributed by atoms with Crippen LogP contribution in [0.15, 0.2) is 34.9 Å². The Balaban J connectivity index is 2.35. The zero-order valence-electron chi connectivity index (χ0n) is 9.49. The van der Waals surface area contributed by atoms with Crippen LogP contribution >= 0.6 is 0 Å². The number of aldehydes is 1. The molecule has 1 heteroatoms. The van der Waals surface area contributed by atoms with E-state index in [2.05, 4.69) is 26.0 Å². The van der Waals surface area contributed by atoms with Crippen molar-refractivity contribution >= 4 is 6.29 Å². The summed E-state index contributed by atoms with van der Waals surface area (Å²) in [5.41, 5.74) is 3.88. The van der Waals surface area contributed by atoms with Crippen molar-refractivity contribution < 1.29 is 4.79 Å². The summed E-state index contributed by atoms with van der Waals surface area (Å²) in [7, 11) is 0. The predicted molar refractivity (Wildman–Crippen MR) is 62.5 cm³/mol. The Bertz CT molecular complexity index is 358. The molecule has 0 saturated carbocycles. The molecule has 0 heterocycles. The minimum Gasteiger partial charge on any atom is -0.298 e. The molecule has 0 aromatic heterocycles. The van der Waals surface area contributed by atoms with Crippen molar-refractivity contribution in [1.29, 1.82) is 0 Å². The molecule has 0 aliphatic heterocycles. The summed E-state index contributed by atoms with van der Waals surface area (Å²) in [6.45, 7) is 4.37. The third-order valence-electron chi connectivity index (χ3n) is 3.65. The molecule has 0 amide bonds. The van der Waals surface area contributed by atoms with Crippen molar-refractivity contribution in [3.05, 3.63) is 34.9 Å². The normalized spacial score (nSPS) is 29.9. The van der Waals surface area contributed by atoms with Crippen LogP contribution in [-0.2, 0) is 4.79 Å². The second-order valence-corrected chi connectivity index (χ2v) is 4.60. The summed E-state index contributed by atoms with van der Waals surface area (Å²) >= 11 is 0. The van der Waals surface area contributed by atoms with Gasteiger partial charge in [0.05, 0.1) is 0 Å². The number of hydrogen-bond acceptors (Lipinski definition) is 1. The lowest BCUT2D eigenvalue weighted by Crippen LogP contribution is -2.23. The van der Waals surface area contributed by atoms with Crippen LogP contribution in [0.5, 0.6) is 0 Å². The van der Waals surface area contributed by atoms with Gasteiger partial charge in [-0.05, 0) is 49.2 Å². The van der Waals surface area contributed by atoms with E-state index in [1.54, 1.807) is 0 Å². The van der Waals surface area contributed by atoms with E-state index in [0.29, 0.717) is 11.8 Å². The van der Waals surface area contributed by atoms with Gasteiger partial charge in [-0.15, -0.1) is 0 Å². The lowest BCUT2D eigenvalue weighted by Gasteiger charge is -2.33. The summed E-state index contributed by atoms with van der Waals surface area (Å²) < 4.78 is 0. The van der Waals surface area contributed by atoms with Gasteiger partial charge in [0.25, 0.3) is 0 Å². The van der Waals surface area contributed by atoms with Crippen molar-refractivity contribution in [3.63, 3.8) is 0 Å². The minimum atomic E-state index is 0.451. The van der Waals surface area contributed by atoms with Gasteiger partial charge in [-0.2, -0.15) is 0 Å². The molecule has 0 radical (unpaired) electrons. The molecule has 0 saturated heterocycles. The van der Waals surface area contributed by atoms with Crippen LogP contribution < -0.4 is 0 Å². The molecule has 0 bridgehead atoms. The van der Waals surface area contributed by atoms with Crippen LogP contribution in [0.1, 0.15) is 33.1 Å². The van der Waals surface area contributed by atoms with Crippen molar-refractivity contribution in [2.45, 2.75) is 33.1 Å². The first kappa shape index (κ1) is 10.4. The van der Waals surface area contributed by atoms with E-state index in [1.807, 2.05) is 6.08 Å². The summed E-state index contributed by atoms with van der Waals surface area (Å²) in [6, 6.07) is 0. The van der Waals surface area contributed by atoms with Gasteiger partial charge >= 0.3 is 0 Å².